The smallest absolute Gasteiger partial charge is 0.184 e. The molecular formula is C11H14N2O. The van der Waals surface area contributed by atoms with Crippen LogP contribution in [0.4, 0.5) is 0 Å². The average molecular weight is 190 g/mol. The summed E-state index contributed by atoms with van der Waals surface area (Å²) in [6, 6.07) is 1.72. The van der Waals surface area contributed by atoms with Crippen molar-refractivity contribution in [1.82, 2.24) is 9.97 Å². The number of aryl methyl sites for hydroxylation is 1. The number of ketones is 1. The maximum atomic E-state index is 11.9. The summed E-state index contributed by atoms with van der Waals surface area (Å²) in [6.45, 7) is 1.81. The molecule has 0 bridgehead atoms. The van der Waals surface area contributed by atoms with E-state index in [-0.39, 0.29) is 11.7 Å². The van der Waals surface area contributed by atoms with Crippen LogP contribution in [0.3, 0.4) is 0 Å². The fraction of sp³-hybridized carbons (Fsp3) is 0.545. The van der Waals surface area contributed by atoms with Crippen LogP contribution in [-0.2, 0) is 0 Å². The molecule has 1 fully saturated rings. The molecule has 0 amide bonds. The van der Waals surface area contributed by atoms with Gasteiger partial charge in [-0.15, -0.1) is 0 Å². The first-order valence-electron chi connectivity index (χ1n) is 5.11. The molecule has 2 rings (SSSR count). The molecule has 0 aromatic carbocycles. The van der Waals surface area contributed by atoms with Crippen molar-refractivity contribution < 1.29 is 4.79 Å². The maximum absolute atomic E-state index is 11.9. The van der Waals surface area contributed by atoms with E-state index in [9.17, 15) is 4.79 Å². The lowest BCUT2D eigenvalue weighted by molar-refractivity contribution is 0.0917. The summed E-state index contributed by atoms with van der Waals surface area (Å²) >= 11 is 0. The molecule has 74 valence electrons. The van der Waals surface area contributed by atoms with Crippen LogP contribution in [0.2, 0.25) is 0 Å². The monoisotopic (exact) mass is 190 g/mol. The van der Waals surface area contributed by atoms with Crippen LogP contribution in [-0.4, -0.2) is 15.8 Å². The predicted octanol–water partition coefficient (Wildman–Crippen LogP) is 2.16. The van der Waals surface area contributed by atoms with Gasteiger partial charge in [0.25, 0.3) is 0 Å². The standard InChI is InChI=1S/C11H14N2O/c1-8-12-7-6-10(13-8)11(14)9-4-2-3-5-9/h6-7,9H,2-5H2,1H3. The maximum Gasteiger partial charge on any atom is 0.184 e. The van der Waals surface area contributed by atoms with Gasteiger partial charge in [-0.3, -0.25) is 4.79 Å². The number of aromatic nitrogens is 2. The minimum absolute atomic E-state index is 0.202. The molecule has 3 heteroatoms. The van der Waals surface area contributed by atoms with E-state index in [1.807, 2.05) is 6.92 Å². The lowest BCUT2D eigenvalue weighted by Crippen LogP contribution is -2.13. The molecular weight excluding hydrogens is 176 g/mol. The summed E-state index contributed by atoms with van der Waals surface area (Å²) in [5.74, 6) is 1.09. The molecule has 1 aliphatic rings. The Balaban J connectivity index is 2.17. The van der Waals surface area contributed by atoms with E-state index in [4.69, 9.17) is 0 Å². The molecule has 1 aromatic heterocycles. The van der Waals surface area contributed by atoms with Gasteiger partial charge in [0.05, 0.1) is 0 Å². The molecule has 1 heterocycles. The van der Waals surface area contributed by atoms with Crippen molar-refractivity contribution in [1.29, 1.82) is 0 Å². The third kappa shape index (κ3) is 1.81. The zero-order chi connectivity index (χ0) is 9.97. The van der Waals surface area contributed by atoms with Crippen molar-refractivity contribution in [2.75, 3.05) is 0 Å². The van der Waals surface area contributed by atoms with Gasteiger partial charge < -0.3 is 0 Å². The molecule has 0 atom stereocenters. The van der Waals surface area contributed by atoms with Crippen molar-refractivity contribution in [2.45, 2.75) is 32.6 Å². The van der Waals surface area contributed by atoms with Crippen LogP contribution in [0, 0.1) is 12.8 Å². The fourth-order valence-corrected chi connectivity index (χ4v) is 1.99. The topological polar surface area (TPSA) is 42.9 Å². The summed E-state index contributed by atoms with van der Waals surface area (Å²) in [4.78, 5) is 20.1. The number of hydrogen-bond acceptors (Lipinski definition) is 3. The van der Waals surface area contributed by atoms with Gasteiger partial charge in [-0.05, 0) is 25.8 Å². The third-order valence-electron chi connectivity index (χ3n) is 2.75. The van der Waals surface area contributed by atoms with Crippen LogP contribution in [0.15, 0.2) is 12.3 Å². The number of rotatable bonds is 2. The molecule has 0 radical (unpaired) electrons. The lowest BCUT2D eigenvalue weighted by Gasteiger charge is -2.06. The molecule has 1 saturated carbocycles. The summed E-state index contributed by atoms with van der Waals surface area (Å²) < 4.78 is 0. The third-order valence-corrected chi connectivity index (χ3v) is 2.75. The summed E-state index contributed by atoms with van der Waals surface area (Å²) in [5, 5.41) is 0. The molecule has 0 aliphatic heterocycles. The van der Waals surface area contributed by atoms with Crippen LogP contribution in [0.1, 0.15) is 42.0 Å². The van der Waals surface area contributed by atoms with Crippen molar-refractivity contribution in [2.24, 2.45) is 5.92 Å². The second-order valence-corrected chi connectivity index (χ2v) is 3.83. The highest BCUT2D eigenvalue weighted by Gasteiger charge is 2.24. The van der Waals surface area contributed by atoms with Crippen molar-refractivity contribution in [3.8, 4) is 0 Å². The molecule has 14 heavy (non-hydrogen) atoms. The highest BCUT2D eigenvalue weighted by atomic mass is 16.1. The molecule has 1 aliphatic carbocycles. The number of nitrogens with zero attached hydrogens (tertiary/aromatic N) is 2. The summed E-state index contributed by atoms with van der Waals surface area (Å²) in [7, 11) is 0. The van der Waals surface area contributed by atoms with Crippen LogP contribution < -0.4 is 0 Å². The van der Waals surface area contributed by atoms with E-state index in [0.29, 0.717) is 11.5 Å². The number of carbonyl (C=O) groups is 1. The van der Waals surface area contributed by atoms with Gasteiger partial charge >= 0.3 is 0 Å². The van der Waals surface area contributed by atoms with Crippen LogP contribution >= 0.6 is 0 Å². The molecule has 0 N–H and O–H groups in total. The first-order valence-corrected chi connectivity index (χ1v) is 5.11. The first-order chi connectivity index (χ1) is 6.77. The SMILES string of the molecule is Cc1nccc(C(=O)C2CCCC2)n1. The summed E-state index contributed by atoms with van der Waals surface area (Å²) in [5.41, 5.74) is 0.587. The van der Waals surface area contributed by atoms with E-state index in [1.54, 1.807) is 12.3 Å². The Morgan fingerprint density at radius 3 is 2.79 bits per heavy atom. The minimum Gasteiger partial charge on any atom is -0.292 e. The Morgan fingerprint density at radius 2 is 2.14 bits per heavy atom. The normalized spacial score (nSPS) is 17.2. The highest BCUT2D eigenvalue weighted by molar-refractivity contribution is 5.96. The van der Waals surface area contributed by atoms with Crippen molar-refractivity contribution in [3.05, 3.63) is 23.8 Å². The largest absolute Gasteiger partial charge is 0.292 e. The fourth-order valence-electron chi connectivity index (χ4n) is 1.99. The van der Waals surface area contributed by atoms with E-state index >= 15 is 0 Å². The Hall–Kier alpha value is -1.25. The quantitative estimate of drug-likeness (QED) is 0.671. The predicted molar refractivity (Wildman–Crippen MR) is 53.1 cm³/mol. The van der Waals surface area contributed by atoms with Crippen LogP contribution in [0.5, 0.6) is 0 Å². The Labute approximate surface area is 83.6 Å². The molecule has 1 aromatic rings. The van der Waals surface area contributed by atoms with E-state index in [2.05, 4.69) is 9.97 Å². The zero-order valence-electron chi connectivity index (χ0n) is 8.36. The number of hydrogen-bond donors (Lipinski definition) is 0. The molecule has 3 nitrogen and oxygen atoms in total. The first kappa shape index (κ1) is 9.31. The van der Waals surface area contributed by atoms with Gasteiger partial charge in [0, 0.05) is 12.1 Å². The van der Waals surface area contributed by atoms with E-state index < -0.39 is 0 Å². The van der Waals surface area contributed by atoms with Crippen molar-refractivity contribution in [3.63, 3.8) is 0 Å². The Kier molecular flexibility index (Phi) is 2.57. The Bertz CT molecular complexity index is 343. The van der Waals surface area contributed by atoms with Gasteiger partial charge in [0.2, 0.25) is 0 Å². The Morgan fingerprint density at radius 1 is 1.43 bits per heavy atom. The molecule has 0 saturated heterocycles. The second-order valence-electron chi connectivity index (χ2n) is 3.83. The minimum atomic E-state index is 0.202. The lowest BCUT2D eigenvalue weighted by atomic mass is 10.0. The van der Waals surface area contributed by atoms with Gasteiger partial charge in [-0.2, -0.15) is 0 Å². The van der Waals surface area contributed by atoms with Gasteiger partial charge in [0.15, 0.2) is 5.78 Å². The number of Topliss-reactive ketones (excluding diaryl/α,β-unsaturated/α-hetero) is 1. The van der Waals surface area contributed by atoms with Gasteiger partial charge in [-0.1, -0.05) is 12.8 Å². The second kappa shape index (κ2) is 3.86. The van der Waals surface area contributed by atoms with Gasteiger partial charge in [0.1, 0.15) is 11.5 Å². The van der Waals surface area contributed by atoms with Crippen molar-refractivity contribution >= 4 is 5.78 Å². The zero-order valence-corrected chi connectivity index (χ0v) is 8.36. The average Bonchev–Trinajstić information content (AvgIpc) is 2.69. The molecule has 0 unspecified atom stereocenters. The molecule has 0 spiro atoms. The van der Waals surface area contributed by atoms with E-state index in [1.165, 1.54) is 12.8 Å². The highest BCUT2D eigenvalue weighted by Crippen LogP contribution is 2.27. The van der Waals surface area contributed by atoms with Gasteiger partial charge in [-0.25, -0.2) is 9.97 Å². The number of carbonyl (C=O) groups excluding carboxylic acids is 1. The van der Waals surface area contributed by atoms with Crippen LogP contribution in [0.25, 0.3) is 0 Å². The van der Waals surface area contributed by atoms with E-state index in [0.717, 1.165) is 12.8 Å². The summed E-state index contributed by atoms with van der Waals surface area (Å²) in [6.07, 6.45) is 6.08.